The lowest BCUT2D eigenvalue weighted by molar-refractivity contribution is -0.121. The molecular weight excluding hydrogens is 352 g/mol. The second-order valence-corrected chi connectivity index (χ2v) is 6.67. The molecule has 0 aliphatic carbocycles. The molecule has 3 rings (SSSR count). The van der Waals surface area contributed by atoms with Gasteiger partial charge in [-0.2, -0.15) is 0 Å². The minimum atomic E-state index is -0.119. The molecule has 1 N–H and O–H groups in total. The lowest BCUT2D eigenvalue weighted by Gasteiger charge is -2.31. The molecule has 5 nitrogen and oxygen atoms in total. The molecule has 0 radical (unpaired) electrons. The number of hydrogen-bond donors (Lipinski definition) is 1. The minimum Gasteiger partial charge on any atom is -0.497 e. The Labute approximate surface area is 157 Å². The van der Waals surface area contributed by atoms with Crippen molar-refractivity contribution in [1.29, 1.82) is 0 Å². The van der Waals surface area contributed by atoms with Crippen molar-refractivity contribution in [3.8, 4) is 5.75 Å². The molecule has 1 saturated heterocycles. The topological polar surface area (TPSA) is 58.6 Å². The molecule has 136 valence electrons. The Morgan fingerprint density at radius 3 is 2.35 bits per heavy atom. The Kier molecular flexibility index (Phi) is 5.78. The Hall–Kier alpha value is -2.53. The summed E-state index contributed by atoms with van der Waals surface area (Å²) in [6.07, 6.45) is 1.27. The smallest absolute Gasteiger partial charge is 0.253 e. The lowest BCUT2D eigenvalue weighted by Crippen LogP contribution is -2.41. The summed E-state index contributed by atoms with van der Waals surface area (Å²) in [5, 5.41) is 3.40. The van der Waals surface area contributed by atoms with Crippen molar-refractivity contribution in [1.82, 2.24) is 4.90 Å². The molecular formula is C20H21ClN2O3. The highest BCUT2D eigenvalue weighted by Crippen LogP contribution is 2.25. The number of para-hydroxylation sites is 1. The SMILES string of the molecule is COc1ccc(C(=O)N2CCC(C(=O)Nc3ccccc3Cl)CC2)cc1. The molecule has 1 heterocycles. The largest absolute Gasteiger partial charge is 0.497 e. The van der Waals surface area contributed by atoms with E-state index in [1.165, 1.54) is 0 Å². The number of likely N-dealkylation sites (tertiary alicyclic amines) is 1. The lowest BCUT2D eigenvalue weighted by atomic mass is 9.95. The van der Waals surface area contributed by atoms with Crippen LogP contribution >= 0.6 is 11.6 Å². The van der Waals surface area contributed by atoms with Crippen LogP contribution in [0, 0.1) is 5.92 Å². The maximum atomic E-state index is 12.6. The zero-order valence-electron chi connectivity index (χ0n) is 14.6. The average Bonchev–Trinajstić information content (AvgIpc) is 2.69. The van der Waals surface area contributed by atoms with Gasteiger partial charge in [-0.05, 0) is 49.2 Å². The summed E-state index contributed by atoms with van der Waals surface area (Å²) in [6.45, 7) is 1.12. The third-order valence-corrected chi connectivity index (χ3v) is 4.95. The van der Waals surface area contributed by atoms with Gasteiger partial charge in [0.05, 0.1) is 17.8 Å². The first-order valence-electron chi connectivity index (χ1n) is 8.57. The van der Waals surface area contributed by atoms with Crippen LogP contribution in [0.5, 0.6) is 5.75 Å². The van der Waals surface area contributed by atoms with Crippen LogP contribution in [0.1, 0.15) is 23.2 Å². The van der Waals surface area contributed by atoms with Crippen molar-refractivity contribution < 1.29 is 14.3 Å². The third-order valence-electron chi connectivity index (χ3n) is 4.62. The Morgan fingerprint density at radius 1 is 1.08 bits per heavy atom. The van der Waals surface area contributed by atoms with Crippen LogP contribution in [0.15, 0.2) is 48.5 Å². The van der Waals surface area contributed by atoms with Gasteiger partial charge in [-0.15, -0.1) is 0 Å². The van der Waals surface area contributed by atoms with Crippen molar-refractivity contribution in [3.05, 3.63) is 59.1 Å². The van der Waals surface area contributed by atoms with Crippen molar-refractivity contribution in [2.45, 2.75) is 12.8 Å². The van der Waals surface area contributed by atoms with Gasteiger partial charge < -0.3 is 15.0 Å². The molecule has 0 bridgehead atoms. The van der Waals surface area contributed by atoms with Crippen molar-refractivity contribution >= 4 is 29.1 Å². The van der Waals surface area contributed by atoms with Crippen LogP contribution in [0.3, 0.4) is 0 Å². The Bertz CT molecular complexity index is 784. The number of nitrogens with zero attached hydrogens (tertiary/aromatic N) is 1. The van der Waals surface area contributed by atoms with E-state index in [2.05, 4.69) is 5.32 Å². The van der Waals surface area contributed by atoms with E-state index in [0.29, 0.717) is 42.2 Å². The second kappa shape index (κ2) is 8.23. The Morgan fingerprint density at radius 2 is 1.73 bits per heavy atom. The number of carbonyl (C=O) groups is 2. The van der Waals surface area contributed by atoms with Crippen LogP contribution in [0.2, 0.25) is 5.02 Å². The van der Waals surface area contributed by atoms with E-state index >= 15 is 0 Å². The molecule has 6 heteroatoms. The highest BCUT2D eigenvalue weighted by Gasteiger charge is 2.28. The number of methoxy groups -OCH3 is 1. The van der Waals surface area contributed by atoms with Gasteiger partial charge in [0, 0.05) is 24.6 Å². The molecule has 26 heavy (non-hydrogen) atoms. The molecule has 0 aromatic heterocycles. The Balaban J connectivity index is 1.55. The number of anilines is 1. The van der Waals surface area contributed by atoms with Gasteiger partial charge in [0.2, 0.25) is 5.91 Å². The number of hydrogen-bond acceptors (Lipinski definition) is 3. The summed E-state index contributed by atoms with van der Waals surface area (Å²) in [4.78, 5) is 26.8. The summed E-state index contributed by atoms with van der Waals surface area (Å²) >= 11 is 6.08. The first-order chi connectivity index (χ1) is 12.6. The monoisotopic (exact) mass is 372 g/mol. The minimum absolute atomic E-state index is 0.0161. The number of benzene rings is 2. The van der Waals surface area contributed by atoms with Crippen LogP contribution in [-0.4, -0.2) is 36.9 Å². The molecule has 0 saturated carbocycles. The highest BCUT2D eigenvalue weighted by molar-refractivity contribution is 6.33. The van der Waals surface area contributed by atoms with E-state index in [9.17, 15) is 9.59 Å². The third kappa shape index (κ3) is 4.17. The molecule has 1 fully saturated rings. The summed E-state index contributed by atoms with van der Waals surface area (Å²) in [6, 6.07) is 14.2. The van der Waals surface area contributed by atoms with E-state index in [4.69, 9.17) is 16.3 Å². The maximum absolute atomic E-state index is 12.6. The number of halogens is 1. The molecule has 2 aromatic carbocycles. The quantitative estimate of drug-likeness (QED) is 0.887. The number of ether oxygens (including phenoxy) is 1. The van der Waals surface area contributed by atoms with E-state index < -0.39 is 0 Å². The van der Waals surface area contributed by atoms with Gasteiger partial charge in [0.1, 0.15) is 5.75 Å². The standard InChI is InChI=1S/C20H21ClN2O3/c1-26-16-8-6-15(7-9-16)20(25)23-12-10-14(11-13-23)19(24)22-18-5-3-2-4-17(18)21/h2-9,14H,10-13H2,1H3,(H,22,24). The zero-order chi connectivity index (χ0) is 18.5. The van der Waals surface area contributed by atoms with Gasteiger partial charge in [-0.1, -0.05) is 23.7 Å². The van der Waals surface area contributed by atoms with Crippen molar-refractivity contribution in [3.63, 3.8) is 0 Å². The van der Waals surface area contributed by atoms with Gasteiger partial charge in [0.25, 0.3) is 5.91 Å². The van der Waals surface area contributed by atoms with Crippen molar-refractivity contribution in [2.75, 3.05) is 25.5 Å². The zero-order valence-corrected chi connectivity index (χ0v) is 15.3. The van der Waals surface area contributed by atoms with Crippen LogP contribution in [-0.2, 0) is 4.79 Å². The molecule has 0 spiro atoms. The second-order valence-electron chi connectivity index (χ2n) is 6.26. The van der Waals surface area contributed by atoms with Crippen molar-refractivity contribution in [2.24, 2.45) is 5.92 Å². The molecule has 2 aromatic rings. The molecule has 0 unspecified atom stereocenters. The van der Waals surface area contributed by atoms with Crippen LogP contribution in [0.4, 0.5) is 5.69 Å². The number of rotatable bonds is 4. The number of nitrogens with one attached hydrogen (secondary N) is 1. The van der Waals surface area contributed by atoms with E-state index in [0.717, 1.165) is 5.75 Å². The average molecular weight is 373 g/mol. The predicted octanol–water partition coefficient (Wildman–Crippen LogP) is 3.84. The van der Waals surface area contributed by atoms with E-state index in [1.54, 1.807) is 48.4 Å². The fourth-order valence-corrected chi connectivity index (χ4v) is 3.24. The first-order valence-corrected chi connectivity index (χ1v) is 8.95. The molecule has 0 atom stereocenters. The summed E-state index contributed by atoms with van der Waals surface area (Å²) in [5.74, 6) is 0.537. The van der Waals surface area contributed by atoms with Gasteiger partial charge in [-0.25, -0.2) is 0 Å². The molecule has 1 aliphatic heterocycles. The van der Waals surface area contributed by atoms with E-state index in [-0.39, 0.29) is 17.7 Å². The van der Waals surface area contributed by atoms with E-state index in [1.807, 2.05) is 12.1 Å². The summed E-state index contributed by atoms with van der Waals surface area (Å²) in [5.41, 5.74) is 1.25. The number of piperidine rings is 1. The first kappa shape index (κ1) is 18.3. The predicted molar refractivity (Wildman–Crippen MR) is 102 cm³/mol. The fraction of sp³-hybridized carbons (Fsp3) is 0.300. The van der Waals surface area contributed by atoms with Gasteiger partial charge >= 0.3 is 0 Å². The van der Waals surface area contributed by atoms with Gasteiger partial charge in [-0.3, -0.25) is 9.59 Å². The molecule has 1 aliphatic rings. The number of amides is 2. The fourth-order valence-electron chi connectivity index (χ4n) is 3.06. The maximum Gasteiger partial charge on any atom is 0.253 e. The van der Waals surface area contributed by atoms with Crippen LogP contribution in [0.25, 0.3) is 0 Å². The van der Waals surface area contributed by atoms with Crippen LogP contribution < -0.4 is 10.1 Å². The van der Waals surface area contributed by atoms with Gasteiger partial charge in [0.15, 0.2) is 0 Å². The molecule has 2 amide bonds. The highest BCUT2D eigenvalue weighted by atomic mass is 35.5. The summed E-state index contributed by atoms with van der Waals surface area (Å²) in [7, 11) is 1.59. The normalized spacial score (nSPS) is 14.8. The summed E-state index contributed by atoms with van der Waals surface area (Å²) < 4.78 is 5.11. The number of carbonyl (C=O) groups excluding carboxylic acids is 2.